The van der Waals surface area contributed by atoms with Crippen LogP contribution in [0, 0.1) is 0 Å². The second kappa shape index (κ2) is 2.80. The van der Waals surface area contributed by atoms with E-state index in [1.807, 2.05) is 6.92 Å². The van der Waals surface area contributed by atoms with Gasteiger partial charge in [-0.2, -0.15) is 0 Å². The van der Waals surface area contributed by atoms with Gasteiger partial charge in [0, 0.05) is 0 Å². The van der Waals surface area contributed by atoms with E-state index in [0.717, 1.165) is 5.57 Å². The Hall–Kier alpha value is -0.0100. The van der Waals surface area contributed by atoms with Gasteiger partial charge in [-0.1, -0.05) is 23.3 Å². The Labute approximate surface area is 75.7 Å². The lowest BCUT2D eigenvalue weighted by Crippen LogP contribution is -2.31. The fourth-order valence-corrected chi connectivity index (χ4v) is 1.57. The van der Waals surface area contributed by atoms with Crippen molar-refractivity contribution in [2.45, 2.75) is 24.9 Å². The Morgan fingerprint density at radius 1 is 1.64 bits per heavy atom. The zero-order chi connectivity index (χ0) is 8.65. The molecule has 0 fully saturated rings. The van der Waals surface area contributed by atoms with Gasteiger partial charge in [0.2, 0.25) is 0 Å². The summed E-state index contributed by atoms with van der Waals surface area (Å²) in [6, 6.07) is 0. The van der Waals surface area contributed by atoms with Crippen LogP contribution in [0.5, 0.6) is 0 Å². The van der Waals surface area contributed by atoms with Crippen LogP contribution in [0.2, 0.25) is 0 Å². The highest BCUT2D eigenvalue weighted by molar-refractivity contribution is 6.33. The topological polar surface area (TPSA) is 0 Å². The van der Waals surface area contributed by atoms with Gasteiger partial charge in [-0.05, 0) is 19.9 Å². The number of rotatable bonds is 0. The smallest absolute Gasteiger partial charge is 0.163 e. The van der Waals surface area contributed by atoms with Crippen LogP contribution >= 0.6 is 23.2 Å². The lowest BCUT2D eigenvalue weighted by molar-refractivity contribution is 0.256. The molecule has 3 heteroatoms. The van der Waals surface area contributed by atoms with Crippen molar-refractivity contribution in [1.82, 2.24) is 0 Å². The zero-order valence-electron chi connectivity index (χ0n) is 6.37. The van der Waals surface area contributed by atoms with Gasteiger partial charge in [0.15, 0.2) is 5.67 Å². The van der Waals surface area contributed by atoms with Crippen LogP contribution in [0.15, 0.2) is 22.8 Å². The van der Waals surface area contributed by atoms with E-state index in [-0.39, 0.29) is 5.03 Å². The van der Waals surface area contributed by atoms with Gasteiger partial charge in [-0.3, -0.25) is 0 Å². The fraction of sp³-hybridized carbons (Fsp3) is 0.500. The molecule has 2 atom stereocenters. The molecule has 0 saturated heterocycles. The van der Waals surface area contributed by atoms with Crippen LogP contribution in [0.3, 0.4) is 0 Å². The zero-order valence-corrected chi connectivity index (χ0v) is 7.88. The molecule has 0 nitrogen and oxygen atoms in total. The highest BCUT2D eigenvalue weighted by atomic mass is 35.5. The third-order valence-electron chi connectivity index (χ3n) is 1.75. The highest BCUT2D eigenvalue weighted by Gasteiger charge is 2.37. The SMILES string of the molecule is CC1=CC(Cl)C(C)(F)C(Cl)=C1. The molecule has 0 radical (unpaired) electrons. The van der Waals surface area contributed by atoms with E-state index in [9.17, 15) is 4.39 Å². The van der Waals surface area contributed by atoms with E-state index in [1.165, 1.54) is 6.92 Å². The van der Waals surface area contributed by atoms with Gasteiger partial charge < -0.3 is 0 Å². The summed E-state index contributed by atoms with van der Waals surface area (Å²) in [6.07, 6.45) is 3.26. The van der Waals surface area contributed by atoms with Crippen molar-refractivity contribution in [1.29, 1.82) is 0 Å². The Morgan fingerprint density at radius 3 is 2.64 bits per heavy atom. The summed E-state index contributed by atoms with van der Waals surface area (Å²) in [7, 11) is 0. The van der Waals surface area contributed by atoms with E-state index >= 15 is 0 Å². The summed E-state index contributed by atoms with van der Waals surface area (Å²) in [5, 5.41) is -0.475. The minimum Gasteiger partial charge on any atom is -0.236 e. The molecule has 1 aliphatic rings. The van der Waals surface area contributed by atoms with E-state index in [1.54, 1.807) is 12.2 Å². The summed E-state index contributed by atoms with van der Waals surface area (Å²) in [5.41, 5.74) is -0.701. The molecule has 0 aromatic rings. The van der Waals surface area contributed by atoms with Gasteiger partial charge in [0.25, 0.3) is 0 Å². The van der Waals surface area contributed by atoms with Crippen molar-refractivity contribution in [2.24, 2.45) is 0 Å². The largest absolute Gasteiger partial charge is 0.236 e. The molecule has 0 aromatic heterocycles. The summed E-state index contributed by atoms with van der Waals surface area (Å²) < 4.78 is 13.5. The third-order valence-corrected chi connectivity index (χ3v) is 2.76. The van der Waals surface area contributed by atoms with Crippen LogP contribution in [0.4, 0.5) is 4.39 Å². The van der Waals surface area contributed by atoms with E-state index < -0.39 is 11.0 Å². The summed E-state index contributed by atoms with van der Waals surface area (Å²) in [6.45, 7) is 3.22. The number of allylic oxidation sites excluding steroid dienone is 4. The van der Waals surface area contributed by atoms with Gasteiger partial charge in [0.05, 0.1) is 10.4 Å². The molecular weight excluding hydrogens is 186 g/mol. The Bertz CT molecular complexity index is 228. The van der Waals surface area contributed by atoms with Crippen molar-refractivity contribution in [2.75, 3.05) is 0 Å². The quantitative estimate of drug-likeness (QED) is 0.519. The van der Waals surface area contributed by atoms with Crippen molar-refractivity contribution in [3.8, 4) is 0 Å². The molecule has 1 rings (SSSR count). The van der Waals surface area contributed by atoms with Crippen LogP contribution < -0.4 is 0 Å². The molecule has 0 amide bonds. The second-order valence-corrected chi connectivity index (χ2v) is 3.76. The van der Waals surface area contributed by atoms with Crippen molar-refractivity contribution in [3.63, 3.8) is 0 Å². The molecule has 0 bridgehead atoms. The first-order chi connectivity index (χ1) is 4.94. The maximum absolute atomic E-state index is 13.5. The third kappa shape index (κ3) is 1.60. The van der Waals surface area contributed by atoms with Gasteiger partial charge in [0.1, 0.15) is 0 Å². The first-order valence-corrected chi connectivity index (χ1v) is 4.15. The van der Waals surface area contributed by atoms with Crippen LogP contribution in [-0.2, 0) is 0 Å². The van der Waals surface area contributed by atoms with Crippen LogP contribution in [-0.4, -0.2) is 11.0 Å². The molecule has 0 saturated carbocycles. The minimum absolute atomic E-state index is 0.178. The molecule has 0 spiro atoms. The maximum atomic E-state index is 13.5. The van der Waals surface area contributed by atoms with E-state index in [4.69, 9.17) is 23.2 Å². The normalized spacial score (nSPS) is 38.1. The number of halogens is 3. The molecule has 0 heterocycles. The predicted molar refractivity (Wildman–Crippen MR) is 46.8 cm³/mol. The Balaban J connectivity index is 3.01. The fourth-order valence-electron chi connectivity index (χ4n) is 0.908. The molecule has 2 unspecified atom stereocenters. The standard InChI is InChI=1S/C8H9Cl2F/c1-5-3-6(9)8(2,11)7(10)4-5/h3-4,6H,1-2H3. The molecule has 11 heavy (non-hydrogen) atoms. The van der Waals surface area contributed by atoms with Gasteiger partial charge in [-0.15, -0.1) is 11.6 Å². The molecule has 0 aliphatic heterocycles. The monoisotopic (exact) mass is 194 g/mol. The van der Waals surface area contributed by atoms with Crippen molar-refractivity contribution in [3.05, 3.63) is 22.8 Å². The van der Waals surface area contributed by atoms with Gasteiger partial charge >= 0.3 is 0 Å². The lowest BCUT2D eigenvalue weighted by Gasteiger charge is -2.26. The lowest BCUT2D eigenvalue weighted by atomic mass is 9.95. The highest BCUT2D eigenvalue weighted by Crippen LogP contribution is 2.37. The number of hydrogen-bond acceptors (Lipinski definition) is 0. The molecule has 0 aromatic carbocycles. The van der Waals surface area contributed by atoms with Crippen LogP contribution in [0.1, 0.15) is 13.8 Å². The second-order valence-electron chi connectivity index (χ2n) is 2.88. The summed E-state index contributed by atoms with van der Waals surface area (Å²) in [4.78, 5) is 0. The predicted octanol–water partition coefficient (Wildman–Crippen LogP) is 3.40. The molecular formula is C8H9Cl2F. The van der Waals surface area contributed by atoms with E-state index in [0.29, 0.717) is 0 Å². The number of hydrogen-bond donors (Lipinski definition) is 0. The average Bonchev–Trinajstić information content (AvgIpc) is 1.84. The molecule has 62 valence electrons. The maximum Gasteiger partial charge on any atom is 0.163 e. The summed E-state index contributed by atoms with van der Waals surface area (Å²) >= 11 is 11.4. The first-order valence-electron chi connectivity index (χ1n) is 3.33. The Morgan fingerprint density at radius 2 is 2.18 bits per heavy atom. The van der Waals surface area contributed by atoms with E-state index in [2.05, 4.69) is 0 Å². The van der Waals surface area contributed by atoms with Crippen molar-refractivity contribution < 1.29 is 4.39 Å². The summed E-state index contributed by atoms with van der Waals surface area (Å²) in [5.74, 6) is 0. The molecule has 0 N–H and O–H groups in total. The Kier molecular flexibility index (Phi) is 2.31. The molecule has 1 aliphatic carbocycles. The van der Waals surface area contributed by atoms with Crippen LogP contribution in [0.25, 0.3) is 0 Å². The van der Waals surface area contributed by atoms with Gasteiger partial charge in [-0.25, -0.2) is 4.39 Å². The van der Waals surface area contributed by atoms with Crippen molar-refractivity contribution >= 4 is 23.2 Å². The average molecular weight is 195 g/mol. The first kappa shape index (κ1) is 9.08. The number of alkyl halides is 2. The minimum atomic E-state index is -1.61.